The van der Waals surface area contributed by atoms with E-state index in [1.165, 1.54) is 39.8 Å². The number of benzene rings is 4. The molecule has 20 heteroatoms. The molecule has 0 bridgehead atoms. The SMILES string of the molecule is COc1cc(C)c(S(=O)(=O)N(C)CCC(=O)Cc2ccc(N3CCN(c4ccncc4)CC3)cc2)c(C)c1C.COc1cc(C)c(S(=O)(=O)N(C)CCOC=O)c(C)c1C.Nc1ccc(N2CCN(c3ccncc3)CC2)cc1. The van der Waals surface area contributed by atoms with Gasteiger partial charge in [0.15, 0.2) is 0 Å². The number of nitrogens with zero attached hydrogens (tertiary/aromatic N) is 8. The minimum absolute atomic E-state index is 0.00937. The van der Waals surface area contributed by atoms with E-state index >= 15 is 0 Å². The van der Waals surface area contributed by atoms with Crippen LogP contribution in [0.1, 0.15) is 45.4 Å². The normalized spacial score (nSPS) is 13.8. The first-order valence-electron chi connectivity index (χ1n) is 26.2. The fourth-order valence-corrected chi connectivity index (χ4v) is 13.0. The summed E-state index contributed by atoms with van der Waals surface area (Å²) in [5.74, 6) is 1.34. The smallest absolute Gasteiger partial charge is 0.293 e. The number of aryl methyl sites for hydroxylation is 2. The van der Waals surface area contributed by atoms with Gasteiger partial charge in [0.05, 0.1) is 24.0 Å². The summed E-state index contributed by atoms with van der Waals surface area (Å²) >= 11 is 0. The van der Waals surface area contributed by atoms with E-state index in [-0.39, 0.29) is 48.1 Å². The highest BCUT2D eigenvalue weighted by Crippen LogP contribution is 2.34. The minimum Gasteiger partial charge on any atom is -0.496 e. The van der Waals surface area contributed by atoms with Crippen molar-refractivity contribution in [2.75, 3.05) is 126 Å². The van der Waals surface area contributed by atoms with Gasteiger partial charge in [-0.2, -0.15) is 4.31 Å². The Balaban J connectivity index is 0.000000211. The summed E-state index contributed by atoms with van der Waals surface area (Å²) < 4.78 is 69.6. The van der Waals surface area contributed by atoms with Crippen molar-refractivity contribution in [2.24, 2.45) is 0 Å². The number of pyridine rings is 2. The second-order valence-electron chi connectivity index (χ2n) is 19.7. The lowest BCUT2D eigenvalue weighted by Crippen LogP contribution is -2.46. The highest BCUT2D eigenvalue weighted by molar-refractivity contribution is 7.89. The van der Waals surface area contributed by atoms with E-state index in [4.69, 9.17) is 15.2 Å². The second kappa shape index (κ2) is 28.1. The van der Waals surface area contributed by atoms with E-state index in [0.29, 0.717) is 40.2 Å². The molecule has 0 atom stereocenters. The van der Waals surface area contributed by atoms with Crippen LogP contribution < -0.4 is 34.8 Å². The van der Waals surface area contributed by atoms with Crippen molar-refractivity contribution in [3.63, 3.8) is 0 Å². The number of ketones is 1. The average molecular weight is 1120 g/mol. The molecule has 2 aliphatic rings. The monoisotopic (exact) mass is 1120 g/mol. The third-order valence-corrected chi connectivity index (χ3v) is 18.9. The van der Waals surface area contributed by atoms with Gasteiger partial charge in [-0.25, -0.2) is 21.1 Å². The molecule has 0 amide bonds. The number of hydrogen-bond donors (Lipinski definition) is 1. The van der Waals surface area contributed by atoms with E-state index in [1.54, 1.807) is 54.0 Å². The molecule has 4 heterocycles. The van der Waals surface area contributed by atoms with Gasteiger partial charge in [0.1, 0.15) is 23.9 Å². The molecule has 2 aliphatic heterocycles. The van der Waals surface area contributed by atoms with Crippen LogP contribution in [-0.2, 0) is 40.8 Å². The third kappa shape index (κ3) is 15.5. The number of hydrogen-bond acceptors (Lipinski definition) is 16. The fraction of sp³-hybridized carbons (Fsp3) is 0.390. The van der Waals surface area contributed by atoms with Gasteiger partial charge < -0.3 is 39.5 Å². The summed E-state index contributed by atoms with van der Waals surface area (Å²) in [6, 6.07) is 27.9. The number of carbonyl (C=O) groups is 2. The van der Waals surface area contributed by atoms with E-state index in [9.17, 15) is 26.4 Å². The third-order valence-electron chi connectivity index (χ3n) is 14.6. The van der Waals surface area contributed by atoms with E-state index in [1.807, 2.05) is 75.0 Å². The molecule has 424 valence electrons. The number of rotatable bonds is 19. The van der Waals surface area contributed by atoms with Crippen LogP contribution in [0.3, 0.4) is 0 Å². The molecule has 2 saturated heterocycles. The zero-order valence-corrected chi connectivity index (χ0v) is 48.9. The van der Waals surface area contributed by atoms with Crippen LogP contribution in [0.4, 0.5) is 28.4 Å². The van der Waals surface area contributed by atoms with Gasteiger partial charge >= 0.3 is 0 Å². The number of nitrogen functional groups attached to an aromatic ring is 1. The number of sulfonamides is 2. The molecule has 0 radical (unpaired) electrons. The van der Waals surface area contributed by atoms with Gasteiger partial charge in [0, 0.05) is 146 Å². The predicted octanol–water partition coefficient (Wildman–Crippen LogP) is 7.57. The number of ether oxygens (including phenoxy) is 3. The van der Waals surface area contributed by atoms with Crippen molar-refractivity contribution in [2.45, 2.75) is 64.2 Å². The highest BCUT2D eigenvalue weighted by Gasteiger charge is 2.29. The molecule has 8 rings (SSSR count). The molecule has 2 fully saturated rings. The summed E-state index contributed by atoms with van der Waals surface area (Å²) in [4.78, 5) is 41.1. The molecule has 0 aliphatic carbocycles. The summed E-state index contributed by atoms with van der Waals surface area (Å²) in [6.45, 7) is 19.1. The maximum Gasteiger partial charge on any atom is 0.293 e. The van der Waals surface area contributed by atoms with Crippen LogP contribution in [0.2, 0.25) is 0 Å². The Hall–Kier alpha value is -7.26. The van der Waals surface area contributed by atoms with Crippen molar-refractivity contribution < 1.29 is 40.6 Å². The average Bonchev–Trinajstić information content (AvgIpc) is 3.56. The minimum atomic E-state index is -3.74. The zero-order chi connectivity index (χ0) is 57.4. The van der Waals surface area contributed by atoms with Crippen LogP contribution in [0.5, 0.6) is 11.5 Å². The highest BCUT2D eigenvalue weighted by atomic mass is 32.2. The molecule has 6 aromatic rings. The molecule has 2 N–H and O–H groups in total. The summed E-state index contributed by atoms with van der Waals surface area (Å²) in [6.07, 6.45) is 7.78. The standard InChI is InChI=1S/C30H38N4O4S.C15H18N4.C14H21NO5S/c1-22-20-29(38-5)23(2)24(3)30(22)39(36,37)32(4)15-12-28(35)21-25-6-8-26(9-7-25)33-16-18-34(19-17-33)27-10-13-31-14-11-27;16-13-1-3-14(4-2-13)18-9-11-19(12-10-18)15-5-7-17-8-6-15;1-10-8-13(19-5)11(2)12(3)14(10)21(17,18)15(4)6-7-20-9-16/h6-11,13-14,20H,12,15-19,21H2,1-5H3;1-8H,9-12,16H2;8-9H,6-7H2,1-5H3. The second-order valence-corrected chi connectivity index (χ2v) is 23.6. The number of anilines is 5. The van der Waals surface area contributed by atoms with Gasteiger partial charge in [-0.1, -0.05) is 12.1 Å². The Morgan fingerprint density at radius 3 is 1.28 bits per heavy atom. The first-order valence-corrected chi connectivity index (χ1v) is 29.1. The largest absolute Gasteiger partial charge is 0.496 e. The van der Waals surface area contributed by atoms with Gasteiger partial charge in [-0.15, -0.1) is 0 Å². The predicted molar refractivity (Wildman–Crippen MR) is 314 cm³/mol. The maximum atomic E-state index is 13.3. The Bertz CT molecular complexity index is 3190. The van der Waals surface area contributed by atoms with E-state index < -0.39 is 20.0 Å². The summed E-state index contributed by atoms with van der Waals surface area (Å²) in [7, 11) is -1.27. The zero-order valence-electron chi connectivity index (χ0n) is 47.3. The van der Waals surface area contributed by atoms with E-state index in [0.717, 1.165) is 80.4 Å². The van der Waals surface area contributed by atoms with E-state index in [2.05, 4.69) is 70.7 Å². The molecule has 2 aromatic heterocycles. The number of nitrogens with two attached hydrogens (primary N) is 1. The lowest BCUT2D eigenvalue weighted by molar-refractivity contribution is -0.128. The van der Waals surface area contributed by atoms with Crippen LogP contribution >= 0.6 is 0 Å². The molecule has 0 unspecified atom stereocenters. The quantitative estimate of drug-likeness (QED) is 0.0472. The van der Waals surface area contributed by atoms with Crippen molar-refractivity contribution in [3.05, 3.63) is 149 Å². The first kappa shape index (κ1) is 61.0. The van der Waals surface area contributed by atoms with Gasteiger partial charge in [-0.3, -0.25) is 19.6 Å². The van der Waals surface area contributed by atoms with Crippen LogP contribution in [-0.4, -0.2) is 148 Å². The van der Waals surface area contributed by atoms with Crippen LogP contribution in [0.15, 0.2) is 120 Å². The molecule has 0 saturated carbocycles. The topological polar surface area (TPSA) is 201 Å². The number of carbonyl (C=O) groups excluding carboxylic acids is 2. The Morgan fingerprint density at radius 2 is 0.911 bits per heavy atom. The first-order chi connectivity index (χ1) is 37.7. The Morgan fingerprint density at radius 1 is 0.557 bits per heavy atom. The lowest BCUT2D eigenvalue weighted by Gasteiger charge is -2.37. The molecule has 4 aromatic carbocycles. The molecule has 0 spiro atoms. The van der Waals surface area contributed by atoms with Gasteiger partial charge in [0.2, 0.25) is 20.0 Å². The number of likely N-dealkylation sites (N-methyl/N-ethyl adjacent to an activating group) is 1. The number of methoxy groups -OCH3 is 2. The van der Waals surface area contributed by atoms with Gasteiger partial charge in [-0.05, 0) is 153 Å². The fourth-order valence-electron chi connectivity index (χ4n) is 9.71. The summed E-state index contributed by atoms with van der Waals surface area (Å²) in [5.41, 5.74) is 16.5. The maximum absolute atomic E-state index is 13.3. The number of piperazine rings is 2. The van der Waals surface area contributed by atoms with Crippen molar-refractivity contribution in [1.82, 2.24) is 18.6 Å². The Labute approximate surface area is 467 Å². The molecular weight excluding hydrogens is 1040 g/mol. The molecular formula is C59H77N9O9S2. The van der Waals surface area contributed by atoms with Crippen molar-refractivity contribution in [1.29, 1.82) is 0 Å². The number of Topliss-reactive ketones (excluding diaryl/α,β-unsaturated/α-hetero) is 1. The Kier molecular flexibility index (Phi) is 21.6. The van der Waals surface area contributed by atoms with Crippen LogP contribution in [0.25, 0.3) is 0 Å². The molecule has 18 nitrogen and oxygen atoms in total. The van der Waals surface area contributed by atoms with Gasteiger partial charge in [0.25, 0.3) is 6.47 Å². The van der Waals surface area contributed by atoms with Crippen molar-refractivity contribution in [3.8, 4) is 11.5 Å². The van der Waals surface area contributed by atoms with Crippen molar-refractivity contribution >= 4 is 60.7 Å². The molecule has 79 heavy (non-hydrogen) atoms. The summed E-state index contributed by atoms with van der Waals surface area (Å²) in [5, 5.41) is 0. The lowest BCUT2D eigenvalue weighted by atomic mass is 10.1. The number of aromatic nitrogens is 2. The van der Waals surface area contributed by atoms with Crippen LogP contribution in [0, 0.1) is 41.5 Å².